The van der Waals surface area contributed by atoms with E-state index in [0.29, 0.717) is 6.42 Å². The van der Waals surface area contributed by atoms with Crippen LogP contribution in [0.3, 0.4) is 0 Å². The second kappa shape index (κ2) is 6.57. The number of para-hydroxylation sites is 1. The number of nitrogens with one attached hydrogen (secondary N) is 2. The van der Waals surface area contributed by atoms with E-state index in [4.69, 9.17) is 0 Å². The van der Waals surface area contributed by atoms with E-state index in [1.54, 1.807) is 10.7 Å². The molecule has 1 aromatic carbocycles. The minimum absolute atomic E-state index is 0.0338. The minimum atomic E-state index is -0.112. The Labute approximate surface area is 145 Å². The molecule has 0 aliphatic rings. The van der Waals surface area contributed by atoms with Gasteiger partial charge < -0.3 is 15.4 Å². The summed E-state index contributed by atoms with van der Waals surface area (Å²) in [6.07, 6.45) is 5.32. The average Bonchev–Trinajstić information content (AvgIpc) is 3.28. The van der Waals surface area contributed by atoms with Gasteiger partial charge in [-0.3, -0.25) is 0 Å². The normalized spacial score (nSPS) is 12.7. The highest BCUT2D eigenvalue weighted by Gasteiger charge is 2.14. The fourth-order valence-electron chi connectivity index (χ4n) is 3.19. The Morgan fingerprint density at radius 3 is 3.00 bits per heavy atom. The molecule has 6 heteroatoms. The summed E-state index contributed by atoms with van der Waals surface area (Å²) in [4.78, 5) is 7.85. The SMILES string of the molecule is CCc1cc(N[C@H](CO)Cc2c[nH]c3ccccc23)n2nccc2n1. The molecule has 4 rings (SSSR count). The van der Waals surface area contributed by atoms with E-state index in [1.807, 2.05) is 30.5 Å². The van der Waals surface area contributed by atoms with Gasteiger partial charge >= 0.3 is 0 Å². The van der Waals surface area contributed by atoms with Crippen LogP contribution in [0.4, 0.5) is 5.82 Å². The summed E-state index contributed by atoms with van der Waals surface area (Å²) in [7, 11) is 0. The van der Waals surface area contributed by atoms with Crippen LogP contribution in [-0.2, 0) is 12.8 Å². The number of hydrogen-bond donors (Lipinski definition) is 3. The molecule has 4 aromatic rings. The van der Waals surface area contributed by atoms with Gasteiger partial charge in [0, 0.05) is 34.9 Å². The first-order chi connectivity index (χ1) is 12.3. The van der Waals surface area contributed by atoms with Gasteiger partial charge in [-0.15, -0.1) is 0 Å². The molecule has 0 aliphatic heterocycles. The molecule has 3 aromatic heterocycles. The number of hydrogen-bond acceptors (Lipinski definition) is 4. The van der Waals surface area contributed by atoms with Gasteiger partial charge in [0.15, 0.2) is 5.65 Å². The van der Waals surface area contributed by atoms with Crippen LogP contribution in [0.2, 0.25) is 0 Å². The predicted molar refractivity (Wildman–Crippen MR) is 98.9 cm³/mol. The molecular formula is C19H21N5O. The van der Waals surface area contributed by atoms with Crippen LogP contribution in [0.1, 0.15) is 18.2 Å². The van der Waals surface area contributed by atoms with Crippen molar-refractivity contribution >= 4 is 22.4 Å². The first kappa shape index (κ1) is 15.7. The molecule has 0 spiro atoms. The van der Waals surface area contributed by atoms with Gasteiger partial charge in [-0.05, 0) is 24.5 Å². The van der Waals surface area contributed by atoms with Gasteiger partial charge in [-0.2, -0.15) is 9.61 Å². The van der Waals surface area contributed by atoms with Crippen molar-refractivity contribution < 1.29 is 5.11 Å². The predicted octanol–water partition coefficient (Wildman–Crippen LogP) is 2.79. The zero-order chi connectivity index (χ0) is 17.2. The third-order valence-electron chi connectivity index (χ3n) is 4.49. The number of rotatable bonds is 6. The summed E-state index contributed by atoms with van der Waals surface area (Å²) >= 11 is 0. The molecule has 0 fully saturated rings. The molecule has 128 valence electrons. The fraction of sp³-hybridized carbons (Fsp3) is 0.263. The first-order valence-corrected chi connectivity index (χ1v) is 8.54. The van der Waals surface area contributed by atoms with Crippen LogP contribution in [0.5, 0.6) is 0 Å². The second-order valence-corrected chi connectivity index (χ2v) is 6.17. The molecule has 0 radical (unpaired) electrons. The molecule has 0 aliphatic carbocycles. The van der Waals surface area contributed by atoms with E-state index in [9.17, 15) is 5.11 Å². The molecule has 6 nitrogen and oxygen atoms in total. The number of benzene rings is 1. The van der Waals surface area contributed by atoms with Crippen molar-refractivity contribution in [3.8, 4) is 0 Å². The summed E-state index contributed by atoms with van der Waals surface area (Å²) in [6, 6.07) is 12.0. The quantitative estimate of drug-likeness (QED) is 0.506. The van der Waals surface area contributed by atoms with Crippen LogP contribution in [-0.4, -0.2) is 37.3 Å². The third-order valence-corrected chi connectivity index (χ3v) is 4.49. The standard InChI is InChI=1S/C19H21N5O/c1-2-14-10-19(24-18(22-14)7-8-21-24)23-15(12-25)9-13-11-20-17-6-4-3-5-16(13)17/h3-8,10-11,15,20,23,25H,2,9,12H2,1H3/t15-/m0/s1. The lowest BCUT2D eigenvalue weighted by atomic mass is 10.1. The van der Waals surface area contributed by atoms with Crippen molar-refractivity contribution in [3.05, 3.63) is 60.0 Å². The molecule has 25 heavy (non-hydrogen) atoms. The molecule has 3 heterocycles. The van der Waals surface area contributed by atoms with E-state index < -0.39 is 0 Å². The molecule has 0 saturated carbocycles. The summed E-state index contributed by atoms with van der Waals surface area (Å²) in [5, 5.41) is 18.8. The Morgan fingerprint density at radius 2 is 2.16 bits per heavy atom. The number of aryl methyl sites for hydroxylation is 1. The van der Waals surface area contributed by atoms with E-state index in [-0.39, 0.29) is 12.6 Å². The molecule has 0 unspecified atom stereocenters. The summed E-state index contributed by atoms with van der Waals surface area (Å²) in [5.41, 5.74) is 4.11. The summed E-state index contributed by atoms with van der Waals surface area (Å²) in [5.74, 6) is 0.853. The number of anilines is 1. The van der Waals surface area contributed by atoms with Gasteiger partial charge in [0.25, 0.3) is 0 Å². The van der Waals surface area contributed by atoms with Crippen molar-refractivity contribution in [2.75, 3.05) is 11.9 Å². The largest absolute Gasteiger partial charge is 0.394 e. The minimum Gasteiger partial charge on any atom is -0.394 e. The van der Waals surface area contributed by atoms with Crippen LogP contribution in [0, 0.1) is 0 Å². The number of aliphatic hydroxyl groups excluding tert-OH is 1. The third kappa shape index (κ3) is 2.96. The highest BCUT2D eigenvalue weighted by atomic mass is 16.3. The van der Waals surface area contributed by atoms with Gasteiger partial charge in [0.2, 0.25) is 0 Å². The average molecular weight is 335 g/mol. The number of aliphatic hydroxyl groups is 1. The second-order valence-electron chi connectivity index (χ2n) is 6.17. The maximum absolute atomic E-state index is 9.89. The van der Waals surface area contributed by atoms with Crippen molar-refractivity contribution in [2.45, 2.75) is 25.8 Å². The van der Waals surface area contributed by atoms with E-state index >= 15 is 0 Å². The van der Waals surface area contributed by atoms with Crippen LogP contribution < -0.4 is 5.32 Å². The number of H-pyrrole nitrogens is 1. The van der Waals surface area contributed by atoms with Gasteiger partial charge in [-0.1, -0.05) is 25.1 Å². The highest BCUT2D eigenvalue weighted by molar-refractivity contribution is 5.83. The zero-order valence-electron chi connectivity index (χ0n) is 14.1. The fourth-order valence-corrected chi connectivity index (χ4v) is 3.19. The smallest absolute Gasteiger partial charge is 0.157 e. The maximum Gasteiger partial charge on any atom is 0.157 e. The molecule has 1 atom stereocenters. The lowest BCUT2D eigenvalue weighted by Gasteiger charge is -2.18. The molecular weight excluding hydrogens is 314 g/mol. The van der Waals surface area contributed by atoms with E-state index in [2.05, 4.69) is 39.4 Å². The molecule has 0 amide bonds. The Bertz CT molecular complexity index is 1000. The Hall–Kier alpha value is -2.86. The summed E-state index contributed by atoms with van der Waals surface area (Å²) in [6.45, 7) is 2.11. The van der Waals surface area contributed by atoms with E-state index in [0.717, 1.165) is 29.1 Å². The Morgan fingerprint density at radius 1 is 1.28 bits per heavy atom. The molecule has 0 bridgehead atoms. The van der Waals surface area contributed by atoms with Crippen LogP contribution in [0.25, 0.3) is 16.6 Å². The lowest BCUT2D eigenvalue weighted by molar-refractivity contribution is 0.273. The number of aromatic amines is 1. The first-order valence-electron chi connectivity index (χ1n) is 8.54. The van der Waals surface area contributed by atoms with Crippen molar-refractivity contribution in [1.82, 2.24) is 19.6 Å². The van der Waals surface area contributed by atoms with Gasteiger partial charge in [-0.25, -0.2) is 4.98 Å². The Kier molecular flexibility index (Phi) is 4.11. The van der Waals surface area contributed by atoms with Crippen LogP contribution >= 0.6 is 0 Å². The lowest BCUT2D eigenvalue weighted by Crippen LogP contribution is -2.27. The van der Waals surface area contributed by atoms with Crippen molar-refractivity contribution in [1.29, 1.82) is 0 Å². The zero-order valence-corrected chi connectivity index (χ0v) is 14.1. The van der Waals surface area contributed by atoms with Crippen molar-refractivity contribution in [3.63, 3.8) is 0 Å². The number of nitrogens with zero attached hydrogens (tertiary/aromatic N) is 3. The summed E-state index contributed by atoms with van der Waals surface area (Å²) < 4.78 is 1.77. The van der Waals surface area contributed by atoms with E-state index in [1.165, 1.54) is 10.9 Å². The van der Waals surface area contributed by atoms with Gasteiger partial charge in [0.1, 0.15) is 5.82 Å². The molecule has 0 saturated heterocycles. The number of aromatic nitrogens is 4. The highest BCUT2D eigenvalue weighted by Crippen LogP contribution is 2.21. The molecule has 3 N–H and O–H groups in total. The number of fused-ring (bicyclic) bond motifs is 2. The van der Waals surface area contributed by atoms with Gasteiger partial charge in [0.05, 0.1) is 18.8 Å². The Balaban J connectivity index is 1.63. The monoisotopic (exact) mass is 335 g/mol. The van der Waals surface area contributed by atoms with Crippen molar-refractivity contribution in [2.24, 2.45) is 0 Å². The van der Waals surface area contributed by atoms with Crippen LogP contribution in [0.15, 0.2) is 48.8 Å². The maximum atomic E-state index is 9.89. The topological polar surface area (TPSA) is 78.2 Å².